The summed E-state index contributed by atoms with van der Waals surface area (Å²) in [6.07, 6.45) is -4.50. The highest BCUT2D eigenvalue weighted by molar-refractivity contribution is 4.98. The second-order valence-corrected chi connectivity index (χ2v) is 3.88. The lowest BCUT2D eigenvalue weighted by molar-refractivity contribution is -0.283. The molecule has 0 saturated carbocycles. The van der Waals surface area contributed by atoms with Crippen molar-refractivity contribution in [2.75, 3.05) is 40.5 Å². The van der Waals surface area contributed by atoms with Crippen molar-refractivity contribution in [3.05, 3.63) is 0 Å². The van der Waals surface area contributed by atoms with Gasteiger partial charge in [0.05, 0.1) is 13.2 Å². The first-order valence-electron chi connectivity index (χ1n) is 5.30. The van der Waals surface area contributed by atoms with Gasteiger partial charge in [-0.05, 0) is 0 Å². The molecular weight excluding hydrogens is 282 g/mol. The van der Waals surface area contributed by atoms with E-state index in [0.29, 0.717) is 0 Å². The van der Waals surface area contributed by atoms with Crippen LogP contribution in [0, 0.1) is 0 Å². The van der Waals surface area contributed by atoms with E-state index in [1.165, 1.54) is 0 Å². The van der Waals surface area contributed by atoms with Crippen LogP contribution in [0.2, 0.25) is 0 Å². The lowest BCUT2D eigenvalue weighted by atomic mass is 10.4. The quantitative estimate of drug-likeness (QED) is 0.549. The van der Waals surface area contributed by atoms with Gasteiger partial charge in [0.15, 0.2) is 0 Å². The molecule has 4 nitrogen and oxygen atoms in total. The fourth-order valence-corrected chi connectivity index (χ4v) is 1.72. The molecule has 0 unspecified atom stereocenters. The maximum Gasteiger partial charge on any atom is 0.388 e. The van der Waals surface area contributed by atoms with E-state index in [-0.39, 0.29) is 0 Å². The summed E-state index contributed by atoms with van der Waals surface area (Å²) in [5, 5.41) is 0. The van der Waals surface area contributed by atoms with Gasteiger partial charge in [-0.15, -0.1) is 0 Å². The van der Waals surface area contributed by atoms with Crippen molar-refractivity contribution in [2.24, 2.45) is 0 Å². The van der Waals surface area contributed by atoms with E-state index in [0.717, 1.165) is 14.2 Å². The predicted octanol–water partition coefficient (Wildman–Crippen LogP) is 1.63. The third kappa shape index (κ3) is 2.54. The summed E-state index contributed by atoms with van der Waals surface area (Å²) in [6.45, 7) is -3.12. The summed E-state index contributed by atoms with van der Waals surface area (Å²) < 4.78 is 89.9. The van der Waals surface area contributed by atoms with Gasteiger partial charge < -0.3 is 9.47 Å². The summed E-state index contributed by atoms with van der Waals surface area (Å²) >= 11 is 0. The van der Waals surface area contributed by atoms with E-state index in [1.807, 2.05) is 0 Å². The SMILES string of the molecule is COCCN1C(F)(F)N(CCOC)C(F)(F)C1(F)F. The number of methoxy groups -OCH3 is 2. The van der Waals surface area contributed by atoms with Gasteiger partial charge in [-0.1, -0.05) is 0 Å². The zero-order valence-corrected chi connectivity index (χ0v) is 10.3. The third-order valence-corrected chi connectivity index (χ3v) is 2.73. The van der Waals surface area contributed by atoms with Crippen molar-refractivity contribution < 1.29 is 35.8 Å². The summed E-state index contributed by atoms with van der Waals surface area (Å²) in [4.78, 5) is -1.72. The number of hydrogen-bond acceptors (Lipinski definition) is 4. The Hall–Kier alpha value is -0.580. The summed E-state index contributed by atoms with van der Waals surface area (Å²) in [7, 11) is 2.18. The Morgan fingerprint density at radius 3 is 1.32 bits per heavy atom. The van der Waals surface area contributed by atoms with E-state index in [1.54, 1.807) is 0 Å². The molecule has 0 radical (unpaired) electrons. The molecule has 1 aliphatic rings. The zero-order valence-electron chi connectivity index (χ0n) is 10.3. The number of alkyl halides is 6. The molecule has 0 amide bonds. The minimum atomic E-state index is -5.00. The van der Waals surface area contributed by atoms with Gasteiger partial charge in [-0.25, -0.2) is 0 Å². The largest absolute Gasteiger partial charge is 0.388 e. The summed E-state index contributed by atoms with van der Waals surface area (Å²) in [6, 6.07) is -9.99. The van der Waals surface area contributed by atoms with Crippen LogP contribution in [0.5, 0.6) is 0 Å². The Labute approximate surface area is 105 Å². The molecule has 1 heterocycles. The first kappa shape index (κ1) is 16.5. The second kappa shape index (κ2) is 5.43. The summed E-state index contributed by atoms with van der Waals surface area (Å²) in [5.74, 6) is 0. The van der Waals surface area contributed by atoms with Crippen LogP contribution in [0.1, 0.15) is 0 Å². The Morgan fingerprint density at radius 1 is 0.737 bits per heavy atom. The van der Waals surface area contributed by atoms with Crippen LogP contribution in [-0.4, -0.2) is 68.6 Å². The average molecular weight is 296 g/mol. The standard InChI is InChI=1S/C9H14F6N2O2/c1-18-5-3-16-7(10,11)8(12,13)17(4-6-19-2)9(16,14)15/h3-6H2,1-2H3. The maximum absolute atomic E-state index is 13.7. The minimum absolute atomic E-state index is 0.528. The van der Waals surface area contributed by atoms with Crippen LogP contribution in [0.4, 0.5) is 26.3 Å². The van der Waals surface area contributed by atoms with Crippen molar-refractivity contribution >= 4 is 0 Å². The predicted molar refractivity (Wildman–Crippen MR) is 52.0 cm³/mol. The van der Waals surface area contributed by atoms with Gasteiger partial charge in [0.25, 0.3) is 0 Å². The Bertz CT molecular complexity index is 287. The fourth-order valence-electron chi connectivity index (χ4n) is 1.72. The van der Waals surface area contributed by atoms with Gasteiger partial charge in [-0.2, -0.15) is 36.1 Å². The molecule has 0 aromatic rings. The van der Waals surface area contributed by atoms with Gasteiger partial charge in [0.2, 0.25) is 0 Å². The van der Waals surface area contributed by atoms with Crippen LogP contribution >= 0.6 is 0 Å². The van der Waals surface area contributed by atoms with E-state index in [4.69, 9.17) is 0 Å². The zero-order chi connectivity index (χ0) is 14.9. The number of nitrogens with zero attached hydrogens (tertiary/aromatic N) is 2. The molecule has 10 heteroatoms. The Morgan fingerprint density at radius 2 is 1.05 bits per heavy atom. The Balaban J connectivity index is 3.06. The molecule has 1 rings (SSSR count). The highest BCUT2D eigenvalue weighted by atomic mass is 19.3. The van der Waals surface area contributed by atoms with Gasteiger partial charge in [-0.3, -0.25) is 0 Å². The number of hydrogen-bond donors (Lipinski definition) is 0. The molecule has 0 atom stereocenters. The topological polar surface area (TPSA) is 24.9 Å². The highest BCUT2D eigenvalue weighted by Crippen LogP contribution is 2.53. The Kier molecular flexibility index (Phi) is 4.71. The first-order chi connectivity index (χ1) is 8.64. The smallest absolute Gasteiger partial charge is 0.383 e. The van der Waals surface area contributed by atoms with E-state index < -0.39 is 54.4 Å². The van der Waals surface area contributed by atoms with Crippen molar-refractivity contribution in [1.29, 1.82) is 0 Å². The van der Waals surface area contributed by atoms with E-state index in [2.05, 4.69) is 9.47 Å². The molecule has 1 saturated heterocycles. The van der Waals surface area contributed by atoms with Crippen LogP contribution in [0.15, 0.2) is 0 Å². The molecule has 0 aliphatic carbocycles. The third-order valence-electron chi connectivity index (χ3n) is 2.73. The van der Waals surface area contributed by atoms with Crippen molar-refractivity contribution in [3.8, 4) is 0 Å². The van der Waals surface area contributed by atoms with Gasteiger partial charge in [0.1, 0.15) is 0 Å². The lowest BCUT2D eigenvalue weighted by Gasteiger charge is -2.28. The first-order valence-corrected chi connectivity index (χ1v) is 5.30. The molecule has 1 fully saturated rings. The molecule has 0 spiro atoms. The molecular formula is C9H14F6N2O2. The maximum atomic E-state index is 13.7. The van der Waals surface area contributed by atoms with Crippen molar-refractivity contribution in [1.82, 2.24) is 9.80 Å². The number of halogens is 6. The van der Waals surface area contributed by atoms with Crippen molar-refractivity contribution in [2.45, 2.75) is 18.3 Å². The molecule has 114 valence electrons. The highest BCUT2D eigenvalue weighted by Gasteiger charge is 2.80. The van der Waals surface area contributed by atoms with Crippen LogP contribution in [-0.2, 0) is 9.47 Å². The molecule has 0 bridgehead atoms. The van der Waals surface area contributed by atoms with Crippen LogP contribution in [0.3, 0.4) is 0 Å². The molecule has 0 aromatic carbocycles. The fraction of sp³-hybridized carbons (Fsp3) is 1.00. The molecule has 0 aromatic heterocycles. The van der Waals surface area contributed by atoms with Crippen LogP contribution in [0.25, 0.3) is 0 Å². The number of rotatable bonds is 6. The van der Waals surface area contributed by atoms with Crippen molar-refractivity contribution in [3.63, 3.8) is 0 Å². The van der Waals surface area contributed by atoms with E-state index >= 15 is 0 Å². The molecule has 1 aliphatic heterocycles. The molecule has 19 heavy (non-hydrogen) atoms. The average Bonchev–Trinajstić information content (AvgIpc) is 2.37. The summed E-state index contributed by atoms with van der Waals surface area (Å²) in [5.41, 5.74) is 0. The van der Waals surface area contributed by atoms with Gasteiger partial charge in [0, 0.05) is 27.3 Å². The second-order valence-electron chi connectivity index (χ2n) is 3.88. The normalized spacial score (nSPS) is 25.9. The van der Waals surface area contributed by atoms with Gasteiger partial charge >= 0.3 is 18.3 Å². The lowest BCUT2D eigenvalue weighted by Crippen LogP contribution is -2.51. The monoisotopic (exact) mass is 296 g/mol. The molecule has 0 N–H and O–H groups in total. The minimum Gasteiger partial charge on any atom is -0.383 e. The van der Waals surface area contributed by atoms with E-state index in [9.17, 15) is 26.3 Å². The number of ether oxygens (including phenoxy) is 2. The van der Waals surface area contributed by atoms with Crippen LogP contribution < -0.4 is 0 Å².